The number of ether oxygens (including phenoxy) is 2. The molecule has 0 aromatic heterocycles. The molecular weight excluding hydrogens is 326 g/mol. The highest BCUT2D eigenvalue weighted by Crippen LogP contribution is 2.24. The maximum atomic E-state index is 12.4. The highest BCUT2D eigenvalue weighted by Gasteiger charge is 2.12. The summed E-state index contributed by atoms with van der Waals surface area (Å²) in [7, 11) is 1.61. The minimum atomic E-state index is -0.222. The van der Waals surface area contributed by atoms with E-state index < -0.39 is 0 Å². The summed E-state index contributed by atoms with van der Waals surface area (Å²) < 4.78 is 11.0. The third-order valence-corrected chi connectivity index (χ3v) is 3.89. The van der Waals surface area contributed by atoms with E-state index in [4.69, 9.17) is 21.1 Å². The number of hydrogen-bond acceptors (Lipinski definition) is 3. The number of unbranched alkanes of at least 4 members (excludes halogenated alkanes) is 1. The van der Waals surface area contributed by atoms with Gasteiger partial charge in [0.25, 0.3) is 5.91 Å². The van der Waals surface area contributed by atoms with Crippen molar-refractivity contribution in [3.8, 4) is 5.75 Å². The fraction of sp³-hybridized carbons (Fsp3) is 0.316. The first-order chi connectivity index (χ1) is 11.7. The Kier molecular flexibility index (Phi) is 7.09. The summed E-state index contributed by atoms with van der Waals surface area (Å²) in [4.78, 5) is 12.4. The van der Waals surface area contributed by atoms with Crippen LogP contribution < -0.4 is 10.1 Å². The molecule has 0 radical (unpaired) electrons. The molecule has 4 nitrogen and oxygen atoms in total. The fourth-order valence-electron chi connectivity index (χ4n) is 2.22. The predicted molar refractivity (Wildman–Crippen MR) is 97.0 cm³/mol. The maximum Gasteiger partial charge on any atom is 0.255 e. The molecule has 2 aromatic rings. The van der Waals surface area contributed by atoms with Crippen molar-refractivity contribution in [3.05, 3.63) is 58.6 Å². The second kappa shape index (κ2) is 9.30. The van der Waals surface area contributed by atoms with E-state index in [1.165, 1.54) is 0 Å². The standard InChI is InChI=1S/C19H22ClNO3/c1-3-4-11-24-13-15-12-14(9-10-18(15)23-2)19(22)21-17-8-6-5-7-16(17)20/h5-10,12H,3-4,11,13H2,1-2H3,(H,21,22). The van der Waals surface area contributed by atoms with E-state index in [0.717, 1.165) is 18.4 Å². The van der Waals surface area contributed by atoms with Crippen LogP contribution in [0.2, 0.25) is 5.02 Å². The Hall–Kier alpha value is -2.04. The van der Waals surface area contributed by atoms with Crippen molar-refractivity contribution in [2.24, 2.45) is 0 Å². The van der Waals surface area contributed by atoms with Gasteiger partial charge in [-0.2, -0.15) is 0 Å². The van der Waals surface area contributed by atoms with Gasteiger partial charge in [-0.3, -0.25) is 4.79 Å². The zero-order valence-corrected chi connectivity index (χ0v) is 14.7. The Morgan fingerprint density at radius 2 is 2.00 bits per heavy atom. The molecule has 0 aliphatic heterocycles. The zero-order valence-electron chi connectivity index (χ0n) is 14.0. The average Bonchev–Trinajstić information content (AvgIpc) is 2.60. The first kappa shape index (κ1) is 18.3. The normalized spacial score (nSPS) is 10.5. The number of methoxy groups -OCH3 is 1. The zero-order chi connectivity index (χ0) is 17.4. The summed E-state index contributed by atoms with van der Waals surface area (Å²) in [5.74, 6) is 0.487. The molecule has 0 atom stereocenters. The molecule has 0 saturated heterocycles. The summed E-state index contributed by atoms with van der Waals surface area (Å²) in [5, 5.41) is 3.32. The fourth-order valence-corrected chi connectivity index (χ4v) is 2.40. The van der Waals surface area contributed by atoms with Gasteiger partial charge in [0.2, 0.25) is 0 Å². The lowest BCUT2D eigenvalue weighted by Gasteiger charge is -2.12. The van der Waals surface area contributed by atoms with E-state index in [2.05, 4.69) is 12.2 Å². The third kappa shape index (κ3) is 4.98. The molecule has 2 aromatic carbocycles. The second-order valence-electron chi connectivity index (χ2n) is 5.37. The van der Waals surface area contributed by atoms with Crippen molar-refractivity contribution in [1.29, 1.82) is 0 Å². The van der Waals surface area contributed by atoms with Gasteiger partial charge in [-0.05, 0) is 36.8 Å². The summed E-state index contributed by atoms with van der Waals surface area (Å²) in [6.07, 6.45) is 2.09. The molecule has 0 spiro atoms. The van der Waals surface area contributed by atoms with Gasteiger partial charge in [-0.25, -0.2) is 0 Å². The van der Waals surface area contributed by atoms with Gasteiger partial charge >= 0.3 is 0 Å². The van der Waals surface area contributed by atoms with E-state index in [1.54, 1.807) is 37.4 Å². The molecule has 2 rings (SSSR count). The Bertz CT molecular complexity index is 688. The molecule has 24 heavy (non-hydrogen) atoms. The van der Waals surface area contributed by atoms with Crippen LogP contribution in [0.25, 0.3) is 0 Å². The van der Waals surface area contributed by atoms with E-state index in [-0.39, 0.29) is 5.91 Å². The average molecular weight is 348 g/mol. The topological polar surface area (TPSA) is 47.6 Å². The van der Waals surface area contributed by atoms with Crippen LogP contribution >= 0.6 is 11.6 Å². The van der Waals surface area contributed by atoms with Gasteiger partial charge in [0, 0.05) is 17.7 Å². The Balaban J connectivity index is 2.11. The number of para-hydroxylation sites is 1. The molecule has 0 fully saturated rings. The highest BCUT2D eigenvalue weighted by atomic mass is 35.5. The molecule has 1 N–H and O–H groups in total. The summed E-state index contributed by atoms with van der Waals surface area (Å²) >= 11 is 6.08. The van der Waals surface area contributed by atoms with Crippen molar-refractivity contribution in [2.45, 2.75) is 26.4 Å². The van der Waals surface area contributed by atoms with E-state index >= 15 is 0 Å². The van der Waals surface area contributed by atoms with Gasteiger partial charge in [0.1, 0.15) is 5.75 Å². The summed E-state index contributed by atoms with van der Waals surface area (Å²) in [5.41, 5.74) is 1.96. The quantitative estimate of drug-likeness (QED) is 0.689. The number of halogens is 1. The molecule has 0 heterocycles. The summed E-state index contributed by atoms with van der Waals surface area (Å²) in [6, 6.07) is 12.4. The van der Waals surface area contributed by atoms with Crippen LogP contribution in [0.3, 0.4) is 0 Å². The number of carbonyl (C=O) groups is 1. The third-order valence-electron chi connectivity index (χ3n) is 3.56. The molecule has 0 bridgehead atoms. The first-order valence-electron chi connectivity index (χ1n) is 7.96. The van der Waals surface area contributed by atoms with Crippen LogP contribution in [0.5, 0.6) is 5.75 Å². The molecule has 0 aliphatic rings. The van der Waals surface area contributed by atoms with Crippen molar-refractivity contribution in [2.75, 3.05) is 19.0 Å². The monoisotopic (exact) mass is 347 g/mol. The molecule has 0 saturated carbocycles. The van der Waals surface area contributed by atoms with Crippen LogP contribution in [0.15, 0.2) is 42.5 Å². The van der Waals surface area contributed by atoms with Crippen LogP contribution in [0, 0.1) is 0 Å². The lowest BCUT2D eigenvalue weighted by molar-refractivity contribution is 0.102. The van der Waals surface area contributed by atoms with Gasteiger partial charge < -0.3 is 14.8 Å². The molecule has 1 amide bonds. The van der Waals surface area contributed by atoms with Crippen LogP contribution in [-0.2, 0) is 11.3 Å². The van der Waals surface area contributed by atoms with Crippen molar-refractivity contribution >= 4 is 23.2 Å². The second-order valence-corrected chi connectivity index (χ2v) is 5.77. The Morgan fingerprint density at radius 3 is 2.71 bits per heavy atom. The Morgan fingerprint density at radius 1 is 1.21 bits per heavy atom. The largest absolute Gasteiger partial charge is 0.496 e. The first-order valence-corrected chi connectivity index (χ1v) is 8.34. The van der Waals surface area contributed by atoms with Gasteiger partial charge in [0.05, 0.1) is 24.4 Å². The summed E-state index contributed by atoms with van der Waals surface area (Å²) in [6.45, 7) is 3.22. The SMILES string of the molecule is CCCCOCc1cc(C(=O)Nc2ccccc2Cl)ccc1OC. The van der Waals surface area contributed by atoms with Crippen molar-refractivity contribution in [1.82, 2.24) is 0 Å². The van der Waals surface area contributed by atoms with E-state index in [1.807, 2.05) is 12.1 Å². The smallest absolute Gasteiger partial charge is 0.255 e. The molecule has 0 unspecified atom stereocenters. The van der Waals surface area contributed by atoms with Crippen LogP contribution in [0.4, 0.5) is 5.69 Å². The number of carbonyl (C=O) groups excluding carboxylic acids is 1. The molecule has 5 heteroatoms. The van der Waals surface area contributed by atoms with Crippen LogP contribution in [-0.4, -0.2) is 19.6 Å². The minimum absolute atomic E-state index is 0.222. The maximum absolute atomic E-state index is 12.4. The van der Waals surface area contributed by atoms with E-state index in [0.29, 0.717) is 35.2 Å². The van der Waals surface area contributed by atoms with E-state index in [9.17, 15) is 4.79 Å². The predicted octanol–water partition coefficient (Wildman–Crippen LogP) is 4.92. The molecular formula is C19H22ClNO3. The van der Waals surface area contributed by atoms with Gasteiger partial charge in [-0.1, -0.05) is 37.1 Å². The van der Waals surface area contributed by atoms with Gasteiger partial charge in [0.15, 0.2) is 0 Å². The van der Waals surface area contributed by atoms with Crippen molar-refractivity contribution < 1.29 is 14.3 Å². The molecule has 128 valence electrons. The molecule has 0 aliphatic carbocycles. The van der Waals surface area contributed by atoms with Crippen molar-refractivity contribution in [3.63, 3.8) is 0 Å². The number of amides is 1. The number of benzene rings is 2. The minimum Gasteiger partial charge on any atom is -0.496 e. The Labute approximate surface area is 147 Å². The van der Waals surface area contributed by atoms with Gasteiger partial charge in [-0.15, -0.1) is 0 Å². The number of nitrogens with one attached hydrogen (secondary N) is 1. The number of anilines is 1. The number of hydrogen-bond donors (Lipinski definition) is 1. The number of rotatable bonds is 8. The lowest BCUT2D eigenvalue weighted by Crippen LogP contribution is -2.13. The van der Waals surface area contributed by atoms with Crippen LogP contribution in [0.1, 0.15) is 35.7 Å². The highest BCUT2D eigenvalue weighted by molar-refractivity contribution is 6.33. The lowest BCUT2D eigenvalue weighted by atomic mass is 10.1.